The molecule has 3 aromatic carbocycles. The van der Waals surface area contributed by atoms with Crippen LogP contribution in [0.15, 0.2) is 78.9 Å². The van der Waals surface area contributed by atoms with Gasteiger partial charge in [0.05, 0.1) is 11.3 Å². The van der Waals surface area contributed by atoms with Crippen molar-refractivity contribution in [2.45, 2.75) is 20.4 Å². The number of ether oxygens (including phenoxy) is 1. The van der Waals surface area contributed by atoms with Crippen LogP contribution in [-0.2, 0) is 6.54 Å². The minimum atomic E-state index is -0.990. The van der Waals surface area contributed by atoms with Crippen LogP contribution in [0.3, 0.4) is 0 Å². The second-order valence-corrected chi connectivity index (χ2v) is 7.76. The van der Waals surface area contributed by atoms with Crippen molar-refractivity contribution in [3.8, 4) is 34.0 Å². The van der Waals surface area contributed by atoms with E-state index in [4.69, 9.17) is 10.5 Å². The van der Waals surface area contributed by atoms with Gasteiger partial charge in [-0.05, 0) is 72.5 Å². The Hall–Kier alpha value is -3.38. The van der Waals surface area contributed by atoms with Gasteiger partial charge in [0.15, 0.2) is 0 Å². The van der Waals surface area contributed by atoms with Gasteiger partial charge in [-0.2, -0.15) is 0 Å². The summed E-state index contributed by atoms with van der Waals surface area (Å²) < 4.78 is 6.09. The molecule has 0 saturated heterocycles. The van der Waals surface area contributed by atoms with Gasteiger partial charge in [0.1, 0.15) is 5.75 Å². The molecule has 4 aromatic rings. The maximum absolute atomic E-state index is 11.7. The van der Waals surface area contributed by atoms with Gasteiger partial charge in [-0.3, -0.25) is 0 Å². The summed E-state index contributed by atoms with van der Waals surface area (Å²) in [4.78, 5) is 16.3. The Morgan fingerprint density at radius 1 is 0.882 bits per heavy atom. The number of aromatic carboxylic acids is 1. The number of rotatable bonds is 6. The highest BCUT2D eigenvalue weighted by Gasteiger charge is 2.14. The lowest BCUT2D eigenvalue weighted by Crippen LogP contribution is -2.01. The van der Waals surface area contributed by atoms with Crippen molar-refractivity contribution in [1.82, 2.24) is 4.98 Å². The zero-order valence-corrected chi connectivity index (χ0v) is 20.5. The highest BCUT2D eigenvalue weighted by Crippen LogP contribution is 2.31. The highest BCUT2D eigenvalue weighted by atomic mass is 35.5. The van der Waals surface area contributed by atoms with Crippen molar-refractivity contribution in [2.75, 3.05) is 0 Å². The second kappa shape index (κ2) is 11.7. The van der Waals surface area contributed by atoms with Crippen LogP contribution in [0, 0.1) is 13.8 Å². The second-order valence-electron chi connectivity index (χ2n) is 7.76. The normalized spacial score (nSPS) is 10.1. The molecule has 0 saturated carbocycles. The van der Waals surface area contributed by atoms with Gasteiger partial charge in [-0.1, -0.05) is 42.0 Å². The SMILES string of the molecule is Cc1cc(Oc2cccc(-c3cc(C)ccc3C(=O)O)n2)cc(-c2cccc(CN)c2)c1.Cl.Cl. The van der Waals surface area contributed by atoms with Crippen molar-refractivity contribution >= 4 is 30.8 Å². The maximum atomic E-state index is 11.7. The van der Waals surface area contributed by atoms with Gasteiger partial charge >= 0.3 is 5.97 Å². The Labute approximate surface area is 211 Å². The van der Waals surface area contributed by atoms with Crippen molar-refractivity contribution < 1.29 is 14.6 Å². The molecule has 176 valence electrons. The number of hydrogen-bond acceptors (Lipinski definition) is 4. The molecule has 34 heavy (non-hydrogen) atoms. The highest BCUT2D eigenvalue weighted by molar-refractivity contribution is 5.95. The zero-order chi connectivity index (χ0) is 22.7. The number of nitrogens with two attached hydrogens (primary N) is 1. The summed E-state index contributed by atoms with van der Waals surface area (Å²) >= 11 is 0. The number of nitrogens with zero attached hydrogens (tertiary/aromatic N) is 1. The van der Waals surface area contributed by atoms with Crippen LogP contribution in [0.5, 0.6) is 11.6 Å². The first-order valence-electron chi connectivity index (χ1n) is 10.3. The van der Waals surface area contributed by atoms with Gasteiger partial charge in [-0.15, -0.1) is 24.8 Å². The molecule has 0 fully saturated rings. The topological polar surface area (TPSA) is 85.4 Å². The van der Waals surface area contributed by atoms with Crippen LogP contribution in [-0.4, -0.2) is 16.1 Å². The first kappa shape index (κ1) is 26.9. The van der Waals surface area contributed by atoms with Gasteiger partial charge in [-0.25, -0.2) is 9.78 Å². The van der Waals surface area contributed by atoms with Crippen molar-refractivity contribution in [3.63, 3.8) is 0 Å². The number of aromatic nitrogens is 1. The number of halogens is 2. The summed E-state index contributed by atoms with van der Waals surface area (Å²) in [5, 5.41) is 9.56. The number of hydrogen-bond donors (Lipinski definition) is 2. The summed E-state index contributed by atoms with van der Waals surface area (Å²) in [5.41, 5.74) is 12.3. The number of pyridine rings is 1. The van der Waals surface area contributed by atoms with Gasteiger partial charge < -0.3 is 15.6 Å². The Balaban J connectivity index is 0.00000204. The summed E-state index contributed by atoms with van der Waals surface area (Å²) in [6.07, 6.45) is 0. The molecule has 3 N–H and O–H groups in total. The molecule has 0 spiro atoms. The molecule has 0 aliphatic rings. The van der Waals surface area contributed by atoms with Gasteiger partial charge in [0, 0.05) is 18.2 Å². The van der Waals surface area contributed by atoms with Crippen molar-refractivity contribution in [2.24, 2.45) is 5.73 Å². The molecule has 0 atom stereocenters. The molecule has 4 rings (SSSR count). The average Bonchev–Trinajstić information content (AvgIpc) is 2.78. The standard InChI is InChI=1S/C27H24N2O3.2ClH/c1-17-9-10-23(27(30)31)24(13-17)25-7-4-8-26(29-25)32-22-12-18(2)11-21(15-22)20-6-3-5-19(14-20)16-28;;/h3-15H,16,28H2,1-2H3,(H,30,31);2*1H. The molecule has 5 nitrogen and oxygen atoms in total. The largest absolute Gasteiger partial charge is 0.478 e. The number of carbonyl (C=O) groups is 1. The Morgan fingerprint density at radius 2 is 1.65 bits per heavy atom. The molecule has 0 bridgehead atoms. The van der Waals surface area contributed by atoms with Crippen molar-refractivity contribution in [3.05, 3.63) is 101 Å². The fourth-order valence-electron chi connectivity index (χ4n) is 3.65. The van der Waals surface area contributed by atoms with Gasteiger partial charge in [0.25, 0.3) is 0 Å². The molecule has 0 unspecified atom stereocenters. The monoisotopic (exact) mass is 496 g/mol. The van der Waals surface area contributed by atoms with E-state index >= 15 is 0 Å². The molecular weight excluding hydrogens is 471 g/mol. The molecule has 7 heteroatoms. The lowest BCUT2D eigenvalue weighted by molar-refractivity contribution is 0.0697. The van der Waals surface area contributed by atoms with E-state index in [1.165, 1.54) is 0 Å². The Bertz CT molecular complexity index is 1310. The molecule has 1 heterocycles. The molecule has 1 aromatic heterocycles. The van der Waals surface area contributed by atoms with Crippen LogP contribution in [0.4, 0.5) is 0 Å². The molecule has 0 aliphatic heterocycles. The third kappa shape index (κ3) is 6.14. The van der Waals surface area contributed by atoms with E-state index in [1.807, 2.05) is 56.3 Å². The lowest BCUT2D eigenvalue weighted by atomic mass is 10.0. The minimum Gasteiger partial charge on any atom is -0.478 e. The predicted molar refractivity (Wildman–Crippen MR) is 140 cm³/mol. The quantitative estimate of drug-likeness (QED) is 0.305. The van der Waals surface area contributed by atoms with E-state index in [1.54, 1.807) is 24.3 Å². The smallest absolute Gasteiger partial charge is 0.336 e. The van der Waals surface area contributed by atoms with Crippen LogP contribution in [0.1, 0.15) is 27.0 Å². The fourth-order valence-corrected chi connectivity index (χ4v) is 3.65. The summed E-state index contributed by atoms with van der Waals surface area (Å²) in [6.45, 7) is 4.42. The van der Waals surface area contributed by atoms with Crippen LogP contribution in [0.2, 0.25) is 0 Å². The Morgan fingerprint density at radius 3 is 2.38 bits per heavy atom. The first-order valence-corrected chi connectivity index (χ1v) is 10.3. The number of aryl methyl sites for hydroxylation is 2. The number of carboxylic acids is 1. The zero-order valence-electron chi connectivity index (χ0n) is 18.8. The van der Waals surface area contributed by atoms with Crippen LogP contribution in [0.25, 0.3) is 22.4 Å². The van der Waals surface area contributed by atoms with Crippen LogP contribution < -0.4 is 10.5 Å². The van der Waals surface area contributed by atoms with Crippen LogP contribution >= 0.6 is 24.8 Å². The van der Waals surface area contributed by atoms with E-state index in [9.17, 15) is 9.90 Å². The summed E-state index contributed by atoms with van der Waals surface area (Å²) in [7, 11) is 0. The van der Waals surface area contributed by atoms with E-state index in [-0.39, 0.29) is 30.4 Å². The fraction of sp³-hybridized carbons (Fsp3) is 0.111. The van der Waals surface area contributed by atoms with E-state index in [0.29, 0.717) is 29.4 Å². The van der Waals surface area contributed by atoms with E-state index in [0.717, 1.165) is 27.8 Å². The summed E-state index contributed by atoms with van der Waals surface area (Å²) in [5.74, 6) is 0.0641. The number of carboxylic acid groups (broad SMARTS) is 1. The third-order valence-corrected chi connectivity index (χ3v) is 5.17. The first-order chi connectivity index (χ1) is 15.4. The third-order valence-electron chi connectivity index (χ3n) is 5.17. The molecule has 0 radical (unpaired) electrons. The van der Waals surface area contributed by atoms with E-state index in [2.05, 4.69) is 17.1 Å². The van der Waals surface area contributed by atoms with Gasteiger partial charge in [0.2, 0.25) is 5.88 Å². The molecular formula is C27H26Cl2N2O3. The molecule has 0 aliphatic carbocycles. The average molecular weight is 497 g/mol. The van der Waals surface area contributed by atoms with E-state index < -0.39 is 5.97 Å². The number of benzene rings is 3. The predicted octanol–water partition coefficient (Wildman–Crippen LogP) is 6.83. The summed E-state index contributed by atoms with van der Waals surface area (Å²) in [6, 6.07) is 24.7. The maximum Gasteiger partial charge on any atom is 0.336 e. The minimum absolute atomic E-state index is 0. The van der Waals surface area contributed by atoms with Crippen molar-refractivity contribution in [1.29, 1.82) is 0 Å². The lowest BCUT2D eigenvalue weighted by Gasteiger charge is -2.12. The Kier molecular flexibility index (Phi) is 9.21. The molecule has 0 amide bonds.